The summed E-state index contributed by atoms with van der Waals surface area (Å²) in [7, 11) is 8.52. The quantitative estimate of drug-likeness (QED) is 0.593. The lowest BCUT2D eigenvalue weighted by Crippen LogP contribution is -2.48. The summed E-state index contributed by atoms with van der Waals surface area (Å²) in [6.07, 6.45) is 9.56. The molecular formula is C27H44N2O. The predicted molar refractivity (Wildman–Crippen MR) is 126 cm³/mol. The van der Waals surface area contributed by atoms with E-state index in [1.807, 2.05) is 0 Å². The third-order valence-electron chi connectivity index (χ3n) is 9.40. The van der Waals surface area contributed by atoms with Crippen molar-refractivity contribution in [1.82, 2.24) is 9.80 Å². The van der Waals surface area contributed by atoms with E-state index in [1.54, 1.807) is 18.2 Å². The van der Waals surface area contributed by atoms with Crippen LogP contribution in [-0.2, 0) is 6.42 Å². The summed E-state index contributed by atoms with van der Waals surface area (Å²) in [6.45, 7) is 7.59. The normalized spacial score (nSPS) is 33.9. The Balaban J connectivity index is 1.47. The van der Waals surface area contributed by atoms with Crippen LogP contribution in [0.1, 0.15) is 69.4 Å². The van der Waals surface area contributed by atoms with Crippen molar-refractivity contribution >= 4 is 0 Å². The fourth-order valence-electron chi connectivity index (χ4n) is 7.67. The fraction of sp³-hybridized carbons (Fsp3) is 0.778. The van der Waals surface area contributed by atoms with Crippen LogP contribution in [0.4, 0.5) is 0 Å². The monoisotopic (exact) mass is 412 g/mol. The summed E-state index contributed by atoms with van der Waals surface area (Å²) in [6, 6.07) is 7.58. The highest BCUT2D eigenvalue weighted by Crippen LogP contribution is 2.63. The number of nitrogens with zero attached hydrogens (tertiary/aromatic N) is 2. The smallest absolute Gasteiger partial charge is 0.119 e. The Morgan fingerprint density at radius 2 is 1.90 bits per heavy atom. The van der Waals surface area contributed by atoms with Crippen LogP contribution in [0.3, 0.4) is 0 Å². The molecule has 0 heterocycles. The van der Waals surface area contributed by atoms with Crippen molar-refractivity contribution in [2.45, 2.75) is 70.8 Å². The molecule has 30 heavy (non-hydrogen) atoms. The van der Waals surface area contributed by atoms with Crippen LogP contribution in [0.25, 0.3) is 0 Å². The maximum absolute atomic E-state index is 5.50. The topological polar surface area (TPSA) is 15.7 Å². The molecule has 1 aromatic rings. The molecule has 0 aliphatic heterocycles. The first kappa shape index (κ1) is 22.1. The first-order chi connectivity index (χ1) is 14.3. The molecule has 0 amide bonds. The molecule has 3 nitrogen and oxygen atoms in total. The molecule has 0 N–H and O–H groups in total. The maximum Gasteiger partial charge on any atom is 0.119 e. The summed E-state index contributed by atoms with van der Waals surface area (Å²) in [5.41, 5.74) is 3.73. The predicted octanol–water partition coefficient (Wildman–Crippen LogP) is 5.44. The van der Waals surface area contributed by atoms with E-state index in [4.69, 9.17) is 4.74 Å². The van der Waals surface area contributed by atoms with Crippen molar-refractivity contribution in [3.05, 3.63) is 29.3 Å². The summed E-state index contributed by atoms with van der Waals surface area (Å²) in [5, 5.41) is 0. The van der Waals surface area contributed by atoms with Crippen LogP contribution in [0.15, 0.2) is 18.2 Å². The van der Waals surface area contributed by atoms with E-state index >= 15 is 0 Å². The summed E-state index contributed by atoms with van der Waals surface area (Å²) in [5.74, 6) is 4.46. The fourth-order valence-corrected chi connectivity index (χ4v) is 7.67. The third kappa shape index (κ3) is 3.93. The molecular weight excluding hydrogens is 368 g/mol. The highest BCUT2D eigenvalue weighted by atomic mass is 16.5. The number of methoxy groups -OCH3 is 1. The minimum absolute atomic E-state index is 0.528. The van der Waals surface area contributed by atoms with Gasteiger partial charge < -0.3 is 14.5 Å². The van der Waals surface area contributed by atoms with Crippen molar-refractivity contribution < 1.29 is 4.74 Å². The lowest BCUT2D eigenvalue weighted by molar-refractivity contribution is 0.000262. The van der Waals surface area contributed by atoms with Gasteiger partial charge in [0.1, 0.15) is 5.75 Å². The molecule has 2 fully saturated rings. The van der Waals surface area contributed by atoms with Gasteiger partial charge in [-0.05, 0) is 138 Å². The maximum atomic E-state index is 5.50. The van der Waals surface area contributed by atoms with Gasteiger partial charge in [-0.2, -0.15) is 0 Å². The van der Waals surface area contributed by atoms with Crippen LogP contribution < -0.4 is 4.74 Å². The van der Waals surface area contributed by atoms with Crippen LogP contribution in [0.2, 0.25) is 0 Å². The van der Waals surface area contributed by atoms with Gasteiger partial charge in [-0.1, -0.05) is 13.0 Å². The van der Waals surface area contributed by atoms with Crippen molar-refractivity contribution in [1.29, 1.82) is 0 Å². The van der Waals surface area contributed by atoms with Gasteiger partial charge in [0, 0.05) is 6.04 Å². The average Bonchev–Trinajstić information content (AvgIpc) is 3.09. The molecule has 0 aromatic heterocycles. The largest absolute Gasteiger partial charge is 0.497 e. The van der Waals surface area contributed by atoms with Crippen molar-refractivity contribution in [2.75, 3.05) is 41.3 Å². The van der Waals surface area contributed by atoms with Gasteiger partial charge in [0.15, 0.2) is 0 Å². The van der Waals surface area contributed by atoms with E-state index in [0.29, 0.717) is 11.5 Å². The number of ether oxygens (including phenoxy) is 1. The number of aryl methyl sites for hydroxylation is 1. The molecule has 0 radical (unpaired) electrons. The van der Waals surface area contributed by atoms with E-state index in [-0.39, 0.29) is 0 Å². The highest BCUT2D eigenvalue weighted by Gasteiger charge is 2.56. The van der Waals surface area contributed by atoms with Crippen molar-refractivity contribution in [2.24, 2.45) is 23.2 Å². The second-order valence-corrected chi connectivity index (χ2v) is 11.1. The Morgan fingerprint density at radius 1 is 1.10 bits per heavy atom. The molecule has 3 aliphatic rings. The van der Waals surface area contributed by atoms with Crippen molar-refractivity contribution in [3.8, 4) is 5.75 Å². The Morgan fingerprint density at radius 3 is 2.63 bits per heavy atom. The molecule has 0 saturated heterocycles. The Bertz CT molecular complexity index is 732. The van der Waals surface area contributed by atoms with Crippen molar-refractivity contribution in [3.63, 3.8) is 0 Å². The standard InChI is InChI=1S/C27H44N2O/c1-19(29(5)17-7-16-28(3)4)25-12-13-26-24-10-8-20-18-21(30-6)9-11-22(20)23(24)14-15-27(25,26)2/h9,11,18-19,23-26H,7-8,10,12-17H2,1-6H3/t19?,23-,24-,25?,26+,27-/m1/s1. The average molecular weight is 413 g/mol. The second kappa shape index (κ2) is 8.82. The minimum atomic E-state index is 0.528. The summed E-state index contributed by atoms with van der Waals surface area (Å²) < 4.78 is 5.50. The molecule has 2 saturated carbocycles. The zero-order valence-electron chi connectivity index (χ0n) is 20.3. The van der Waals surface area contributed by atoms with Gasteiger partial charge in [0.25, 0.3) is 0 Å². The van der Waals surface area contributed by atoms with E-state index in [9.17, 15) is 0 Å². The number of hydrogen-bond acceptors (Lipinski definition) is 3. The first-order valence-electron chi connectivity index (χ1n) is 12.4. The Hall–Kier alpha value is -1.06. The number of fused-ring (bicyclic) bond motifs is 5. The molecule has 3 heteroatoms. The van der Waals surface area contributed by atoms with Gasteiger partial charge in [-0.15, -0.1) is 0 Å². The second-order valence-electron chi connectivity index (χ2n) is 11.1. The van der Waals surface area contributed by atoms with Crippen LogP contribution in [0, 0.1) is 23.2 Å². The molecule has 0 spiro atoms. The molecule has 2 unspecified atom stereocenters. The highest BCUT2D eigenvalue weighted by molar-refractivity contribution is 5.40. The third-order valence-corrected chi connectivity index (χ3v) is 9.40. The summed E-state index contributed by atoms with van der Waals surface area (Å²) in [4.78, 5) is 4.97. The number of rotatable bonds is 7. The van der Waals surface area contributed by atoms with Crippen LogP contribution >= 0.6 is 0 Å². The van der Waals surface area contributed by atoms with E-state index in [1.165, 1.54) is 58.0 Å². The number of benzene rings is 1. The molecule has 1 aromatic carbocycles. The Labute approximate surface area is 185 Å². The van der Waals surface area contributed by atoms with E-state index in [0.717, 1.165) is 29.4 Å². The zero-order valence-corrected chi connectivity index (χ0v) is 20.3. The van der Waals surface area contributed by atoms with Gasteiger partial charge in [0.2, 0.25) is 0 Å². The van der Waals surface area contributed by atoms with Gasteiger partial charge in [-0.25, -0.2) is 0 Å². The van der Waals surface area contributed by atoms with Gasteiger partial charge in [-0.3, -0.25) is 0 Å². The number of hydrogen-bond donors (Lipinski definition) is 0. The van der Waals surface area contributed by atoms with Gasteiger partial charge >= 0.3 is 0 Å². The van der Waals surface area contributed by atoms with Gasteiger partial charge in [0.05, 0.1) is 7.11 Å². The zero-order chi connectivity index (χ0) is 21.5. The first-order valence-corrected chi connectivity index (χ1v) is 12.4. The minimum Gasteiger partial charge on any atom is -0.497 e. The lowest BCUT2D eigenvalue weighted by atomic mass is 9.53. The van der Waals surface area contributed by atoms with Crippen LogP contribution in [-0.4, -0.2) is 57.2 Å². The Kier molecular flexibility index (Phi) is 6.51. The molecule has 168 valence electrons. The van der Waals surface area contributed by atoms with E-state index < -0.39 is 0 Å². The lowest BCUT2D eigenvalue weighted by Gasteiger charge is -2.52. The molecule has 4 rings (SSSR count). The summed E-state index contributed by atoms with van der Waals surface area (Å²) >= 11 is 0. The SMILES string of the molecule is COc1ccc2c(c1)CC[C@@H]1[C@@H]2CC[C@]2(C)C(C(C)N(C)CCCN(C)C)CC[C@@H]12. The molecule has 6 atom stereocenters. The van der Waals surface area contributed by atoms with Crippen LogP contribution in [0.5, 0.6) is 5.75 Å². The van der Waals surface area contributed by atoms with E-state index in [2.05, 4.69) is 63.0 Å². The molecule has 0 bridgehead atoms. The molecule has 3 aliphatic carbocycles.